The third-order valence-electron chi connectivity index (χ3n) is 4.29. The maximum Gasteiger partial charge on any atom is 0.266 e. The van der Waals surface area contributed by atoms with E-state index in [9.17, 15) is 8.42 Å². The minimum atomic E-state index is -3.78. The largest absolute Gasteiger partial charge is 0.459 e. The van der Waals surface area contributed by atoms with Crippen molar-refractivity contribution < 1.29 is 17.3 Å². The summed E-state index contributed by atoms with van der Waals surface area (Å²) in [5.74, 6) is 0.882. The lowest BCUT2D eigenvalue weighted by Gasteiger charge is -2.14. The molecule has 0 bridgehead atoms. The first-order valence-electron chi connectivity index (χ1n) is 8.17. The lowest BCUT2D eigenvalue weighted by Crippen LogP contribution is -2.19. The predicted octanol–water partition coefficient (Wildman–Crippen LogP) is 3.68. The first-order valence-corrected chi connectivity index (χ1v) is 9.65. The van der Waals surface area contributed by atoms with Crippen LogP contribution in [0.15, 0.2) is 61.4 Å². The maximum atomic E-state index is 13.1. The molecule has 3 heterocycles. The summed E-state index contributed by atoms with van der Waals surface area (Å²) in [4.78, 5) is 6.42. The average molecular weight is 358 g/mol. The molecule has 1 aliphatic heterocycles. The summed E-state index contributed by atoms with van der Waals surface area (Å²) >= 11 is 0. The van der Waals surface area contributed by atoms with Crippen molar-refractivity contribution in [2.45, 2.75) is 29.7 Å². The fourth-order valence-electron chi connectivity index (χ4n) is 2.93. The van der Waals surface area contributed by atoms with Gasteiger partial charge in [-0.25, -0.2) is 8.42 Å². The zero-order valence-electron chi connectivity index (χ0n) is 13.8. The summed E-state index contributed by atoms with van der Waals surface area (Å²) in [7, 11) is -3.78. The van der Waals surface area contributed by atoms with Gasteiger partial charge in [0.15, 0.2) is 5.76 Å². The Balaban J connectivity index is 1.85. The highest BCUT2D eigenvalue weighted by Gasteiger charge is 2.32. The van der Waals surface area contributed by atoms with Gasteiger partial charge in [-0.3, -0.25) is 0 Å². The number of rotatable bonds is 4. The van der Waals surface area contributed by atoms with Crippen LogP contribution in [0.1, 0.15) is 18.4 Å². The van der Waals surface area contributed by atoms with Gasteiger partial charge < -0.3 is 13.7 Å². The molecule has 0 unspecified atom stereocenters. The van der Waals surface area contributed by atoms with Crippen LogP contribution >= 0.6 is 0 Å². The lowest BCUT2D eigenvalue weighted by atomic mass is 10.2. The van der Waals surface area contributed by atoms with Crippen molar-refractivity contribution in [2.24, 2.45) is 0 Å². The number of sulfone groups is 1. The lowest BCUT2D eigenvalue weighted by molar-refractivity contribution is 0.513. The SMILES string of the molecule is Cc1ccc(S(=O)(=O)c2nc(-c3ccco3)oc2N2CCCC2)cc1. The van der Waals surface area contributed by atoms with E-state index in [0.29, 0.717) is 11.6 Å². The minimum absolute atomic E-state index is 0.0512. The first-order chi connectivity index (χ1) is 12.1. The van der Waals surface area contributed by atoms with Crippen molar-refractivity contribution in [2.75, 3.05) is 18.0 Å². The van der Waals surface area contributed by atoms with Crippen LogP contribution in [-0.2, 0) is 9.84 Å². The van der Waals surface area contributed by atoms with E-state index in [1.165, 1.54) is 6.26 Å². The molecule has 1 aliphatic rings. The van der Waals surface area contributed by atoms with Gasteiger partial charge in [0.2, 0.25) is 20.7 Å². The van der Waals surface area contributed by atoms with E-state index >= 15 is 0 Å². The topological polar surface area (TPSA) is 76.5 Å². The highest BCUT2D eigenvalue weighted by Crippen LogP contribution is 2.36. The van der Waals surface area contributed by atoms with Gasteiger partial charge in [0.25, 0.3) is 5.89 Å². The summed E-state index contributed by atoms with van der Waals surface area (Å²) in [5, 5.41) is -0.0512. The average Bonchev–Trinajstić information content (AvgIpc) is 3.34. The molecule has 1 saturated heterocycles. The third-order valence-corrected chi connectivity index (χ3v) is 5.96. The van der Waals surface area contributed by atoms with Crippen LogP contribution in [0.25, 0.3) is 11.7 Å². The fraction of sp³-hybridized carbons (Fsp3) is 0.278. The van der Waals surface area contributed by atoms with Gasteiger partial charge >= 0.3 is 0 Å². The number of anilines is 1. The van der Waals surface area contributed by atoms with Crippen molar-refractivity contribution in [1.82, 2.24) is 4.98 Å². The molecule has 6 nitrogen and oxygen atoms in total. The van der Waals surface area contributed by atoms with Gasteiger partial charge in [-0.15, -0.1) is 0 Å². The van der Waals surface area contributed by atoms with Crippen LogP contribution in [0, 0.1) is 6.92 Å². The molecular weight excluding hydrogens is 340 g/mol. The Morgan fingerprint density at radius 3 is 2.44 bits per heavy atom. The molecule has 130 valence electrons. The number of oxazole rings is 1. The molecule has 25 heavy (non-hydrogen) atoms. The Morgan fingerprint density at radius 2 is 1.80 bits per heavy atom. The van der Waals surface area contributed by atoms with Gasteiger partial charge in [0.05, 0.1) is 11.2 Å². The Kier molecular flexibility index (Phi) is 3.88. The summed E-state index contributed by atoms with van der Waals surface area (Å²) in [5.41, 5.74) is 0.996. The minimum Gasteiger partial charge on any atom is -0.459 e. The van der Waals surface area contributed by atoms with Gasteiger partial charge in [-0.05, 0) is 44.0 Å². The quantitative estimate of drug-likeness (QED) is 0.708. The molecule has 1 aromatic carbocycles. The molecule has 1 fully saturated rings. The number of hydrogen-bond donors (Lipinski definition) is 0. The number of nitrogens with zero attached hydrogens (tertiary/aromatic N) is 2. The van der Waals surface area contributed by atoms with Gasteiger partial charge in [-0.1, -0.05) is 17.7 Å². The van der Waals surface area contributed by atoms with Crippen LogP contribution in [0.4, 0.5) is 5.88 Å². The van der Waals surface area contributed by atoms with E-state index in [2.05, 4.69) is 4.98 Å². The molecule has 0 N–H and O–H groups in total. The van der Waals surface area contributed by atoms with Crippen LogP contribution in [0.3, 0.4) is 0 Å². The molecule has 0 aliphatic carbocycles. The molecule has 3 aromatic rings. The maximum absolute atomic E-state index is 13.1. The van der Waals surface area contributed by atoms with Crippen LogP contribution in [-0.4, -0.2) is 26.5 Å². The molecule has 7 heteroatoms. The van der Waals surface area contributed by atoms with E-state index < -0.39 is 9.84 Å². The fourth-order valence-corrected chi connectivity index (χ4v) is 4.25. The van der Waals surface area contributed by atoms with E-state index in [4.69, 9.17) is 8.83 Å². The highest BCUT2D eigenvalue weighted by molar-refractivity contribution is 7.91. The molecule has 0 amide bonds. The van der Waals surface area contributed by atoms with Gasteiger partial charge in [0, 0.05) is 13.1 Å². The summed E-state index contributed by atoms with van der Waals surface area (Å²) < 4.78 is 37.4. The number of furan rings is 1. The Hall–Kier alpha value is -2.54. The van der Waals surface area contributed by atoms with Crippen molar-refractivity contribution in [3.63, 3.8) is 0 Å². The van der Waals surface area contributed by atoms with E-state index in [-0.39, 0.29) is 15.8 Å². The van der Waals surface area contributed by atoms with Crippen molar-refractivity contribution in [3.05, 3.63) is 48.2 Å². The highest BCUT2D eigenvalue weighted by atomic mass is 32.2. The van der Waals surface area contributed by atoms with Crippen LogP contribution < -0.4 is 4.90 Å². The third kappa shape index (κ3) is 2.84. The number of hydrogen-bond acceptors (Lipinski definition) is 6. The van der Waals surface area contributed by atoms with Gasteiger partial charge in [-0.2, -0.15) is 4.98 Å². The van der Waals surface area contributed by atoms with E-state index in [1.807, 2.05) is 11.8 Å². The van der Waals surface area contributed by atoms with Crippen molar-refractivity contribution in [1.29, 1.82) is 0 Å². The molecule has 4 rings (SSSR count). The van der Waals surface area contributed by atoms with Gasteiger partial charge in [0.1, 0.15) is 0 Å². The smallest absolute Gasteiger partial charge is 0.266 e. The molecule has 0 spiro atoms. The standard InChI is InChI=1S/C18H18N2O4S/c1-13-6-8-14(9-7-13)25(21,22)17-18(20-10-2-3-11-20)24-16(19-17)15-5-4-12-23-15/h4-9,12H,2-3,10-11H2,1H3. The number of aromatic nitrogens is 1. The van der Waals surface area contributed by atoms with Crippen LogP contribution in [0.2, 0.25) is 0 Å². The number of aryl methyl sites for hydroxylation is 1. The second-order valence-corrected chi connectivity index (χ2v) is 7.98. The predicted molar refractivity (Wildman–Crippen MR) is 92.3 cm³/mol. The monoisotopic (exact) mass is 358 g/mol. The van der Waals surface area contributed by atoms with E-state index in [1.54, 1.807) is 36.4 Å². The van der Waals surface area contributed by atoms with Crippen molar-refractivity contribution >= 4 is 15.7 Å². The summed E-state index contributed by atoms with van der Waals surface area (Å²) in [6, 6.07) is 10.1. The Morgan fingerprint density at radius 1 is 1.08 bits per heavy atom. The Labute approximate surface area is 146 Å². The molecule has 0 saturated carbocycles. The molecule has 2 aromatic heterocycles. The Bertz CT molecular complexity index is 967. The summed E-state index contributed by atoms with van der Waals surface area (Å²) in [6.07, 6.45) is 3.50. The molecule has 0 atom stereocenters. The summed E-state index contributed by atoms with van der Waals surface area (Å²) in [6.45, 7) is 3.42. The number of benzene rings is 1. The first kappa shape index (κ1) is 16.0. The normalized spacial score (nSPS) is 15.0. The molecular formula is C18H18N2O4S. The second kappa shape index (κ2) is 6.07. The molecule has 0 radical (unpaired) electrons. The van der Waals surface area contributed by atoms with Crippen molar-refractivity contribution in [3.8, 4) is 11.7 Å². The second-order valence-electron chi connectivity index (χ2n) is 6.12. The van der Waals surface area contributed by atoms with Crippen LogP contribution in [0.5, 0.6) is 0 Å². The zero-order valence-corrected chi connectivity index (χ0v) is 14.6. The zero-order chi connectivity index (χ0) is 17.4. The van der Waals surface area contributed by atoms with E-state index in [0.717, 1.165) is 31.5 Å².